The summed E-state index contributed by atoms with van der Waals surface area (Å²) in [7, 11) is 0. The molecule has 1 aromatic heterocycles. The number of hydrogen-bond donors (Lipinski definition) is 3. The highest BCUT2D eigenvalue weighted by molar-refractivity contribution is 5.99. The number of carbonyl (C=O) groups excluding carboxylic acids is 1. The normalized spacial score (nSPS) is 21.0. The lowest BCUT2D eigenvalue weighted by atomic mass is 10.2. The van der Waals surface area contributed by atoms with Crippen LogP contribution in [0.2, 0.25) is 0 Å². The number of amides is 2. The van der Waals surface area contributed by atoms with Crippen LogP contribution in [-0.2, 0) is 4.74 Å². The van der Waals surface area contributed by atoms with Crippen molar-refractivity contribution in [3.63, 3.8) is 0 Å². The van der Waals surface area contributed by atoms with Crippen LogP contribution in [0, 0.1) is 0 Å². The molecule has 7 heteroatoms. The maximum Gasteiger partial charge on any atom is 0.323 e. The molecule has 7 nitrogen and oxygen atoms in total. The molecule has 3 N–H and O–H groups in total. The average molecular weight is 315 g/mol. The first kappa shape index (κ1) is 15.4. The minimum atomic E-state index is -0.298. The lowest BCUT2D eigenvalue weighted by Gasteiger charge is -2.36. The van der Waals surface area contributed by atoms with Gasteiger partial charge in [-0.2, -0.15) is 5.10 Å². The smallest absolute Gasteiger partial charge is 0.323 e. The van der Waals surface area contributed by atoms with Crippen molar-refractivity contribution in [1.82, 2.24) is 10.2 Å². The molecule has 1 aliphatic rings. The van der Waals surface area contributed by atoms with E-state index in [0.717, 1.165) is 24.5 Å². The van der Waals surface area contributed by atoms with Gasteiger partial charge in [-0.15, -0.1) is 0 Å². The number of aromatic nitrogens is 2. The Labute approximate surface area is 135 Å². The van der Waals surface area contributed by atoms with Crippen LogP contribution in [0.1, 0.15) is 13.8 Å². The van der Waals surface area contributed by atoms with Crippen LogP contribution in [0.15, 0.2) is 36.7 Å². The number of H-pyrrole nitrogens is 1. The lowest BCUT2D eigenvalue weighted by Crippen LogP contribution is -2.45. The quantitative estimate of drug-likeness (QED) is 0.813. The Morgan fingerprint density at radius 3 is 2.43 bits per heavy atom. The number of nitrogens with zero attached hydrogens (tertiary/aromatic N) is 2. The molecule has 2 amide bonds. The van der Waals surface area contributed by atoms with Gasteiger partial charge in [-0.25, -0.2) is 4.79 Å². The van der Waals surface area contributed by atoms with Crippen molar-refractivity contribution in [3.05, 3.63) is 36.7 Å². The number of aromatic amines is 1. The van der Waals surface area contributed by atoms with Crippen molar-refractivity contribution >= 4 is 23.1 Å². The van der Waals surface area contributed by atoms with Gasteiger partial charge >= 0.3 is 6.03 Å². The van der Waals surface area contributed by atoms with Crippen molar-refractivity contribution in [2.45, 2.75) is 26.1 Å². The van der Waals surface area contributed by atoms with Gasteiger partial charge in [-0.05, 0) is 38.1 Å². The molecule has 0 aliphatic carbocycles. The molecule has 2 atom stereocenters. The van der Waals surface area contributed by atoms with Gasteiger partial charge in [0, 0.05) is 30.7 Å². The van der Waals surface area contributed by atoms with Crippen molar-refractivity contribution in [2.75, 3.05) is 28.6 Å². The Morgan fingerprint density at radius 1 is 1.17 bits per heavy atom. The predicted molar refractivity (Wildman–Crippen MR) is 89.9 cm³/mol. The highest BCUT2D eigenvalue weighted by Gasteiger charge is 2.22. The molecule has 1 fully saturated rings. The molecule has 2 aromatic rings. The Hall–Kier alpha value is -2.54. The molecular formula is C16H21N5O2. The van der Waals surface area contributed by atoms with Gasteiger partial charge in [-0.1, -0.05) is 0 Å². The minimum Gasteiger partial charge on any atom is -0.372 e. The maximum absolute atomic E-state index is 11.9. The monoisotopic (exact) mass is 315 g/mol. The van der Waals surface area contributed by atoms with Crippen LogP contribution < -0.4 is 15.5 Å². The number of urea groups is 1. The van der Waals surface area contributed by atoms with Crippen molar-refractivity contribution in [1.29, 1.82) is 0 Å². The molecule has 0 bridgehead atoms. The fraction of sp³-hybridized carbons (Fsp3) is 0.375. The number of anilines is 3. The van der Waals surface area contributed by atoms with E-state index in [1.165, 1.54) is 0 Å². The molecule has 0 radical (unpaired) electrons. The average Bonchev–Trinajstić information content (AvgIpc) is 2.99. The summed E-state index contributed by atoms with van der Waals surface area (Å²) in [6, 6.07) is 7.52. The topological polar surface area (TPSA) is 82.3 Å². The van der Waals surface area contributed by atoms with Gasteiger partial charge in [-0.3, -0.25) is 5.10 Å². The van der Waals surface area contributed by atoms with E-state index in [2.05, 4.69) is 39.6 Å². The number of morpholine rings is 1. The van der Waals surface area contributed by atoms with Gasteiger partial charge < -0.3 is 20.3 Å². The zero-order chi connectivity index (χ0) is 16.2. The summed E-state index contributed by atoms with van der Waals surface area (Å²) in [6.45, 7) is 5.91. The van der Waals surface area contributed by atoms with E-state index in [1.54, 1.807) is 12.4 Å². The van der Waals surface area contributed by atoms with E-state index >= 15 is 0 Å². The molecule has 0 unspecified atom stereocenters. The molecule has 1 aromatic carbocycles. The number of nitrogens with one attached hydrogen (secondary N) is 3. The lowest BCUT2D eigenvalue weighted by molar-refractivity contribution is -0.00521. The van der Waals surface area contributed by atoms with Crippen molar-refractivity contribution in [3.8, 4) is 0 Å². The third-order valence-electron chi connectivity index (χ3n) is 3.67. The van der Waals surface area contributed by atoms with Crippen LogP contribution in [0.25, 0.3) is 0 Å². The first-order valence-corrected chi connectivity index (χ1v) is 7.67. The summed E-state index contributed by atoms with van der Waals surface area (Å²) in [5.74, 6) is 0. The van der Waals surface area contributed by atoms with Gasteiger partial charge in [0.1, 0.15) is 0 Å². The van der Waals surface area contributed by atoms with E-state index in [1.807, 2.05) is 24.3 Å². The number of rotatable bonds is 3. The molecule has 2 heterocycles. The molecule has 122 valence electrons. The second kappa shape index (κ2) is 6.70. The molecule has 23 heavy (non-hydrogen) atoms. The van der Waals surface area contributed by atoms with E-state index in [0.29, 0.717) is 5.69 Å². The first-order chi connectivity index (χ1) is 11.1. The van der Waals surface area contributed by atoms with E-state index in [9.17, 15) is 4.79 Å². The Balaban J connectivity index is 1.59. The third kappa shape index (κ3) is 4.01. The maximum atomic E-state index is 11.9. The van der Waals surface area contributed by atoms with Crippen molar-refractivity contribution < 1.29 is 9.53 Å². The summed E-state index contributed by atoms with van der Waals surface area (Å²) >= 11 is 0. The van der Waals surface area contributed by atoms with Gasteiger partial charge in [0.25, 0.3) is 0 Å². The highest BCUT2D eigenvalue weighted by atomic mass is 16.5. The number of carbonyl (C=O) groups is 1. The molecule has 1 aliphatic heterocycles. The van der Waals surface area contributed by atoms with Crippen LogP contribution in [0.4, 0.5) is 21.9 Å². The number of benzene rings is 1. The molecular weight excluding hydrogens is 294 g/mol. The highest BCUT2D eigenvalue weighted by Crippen LogP contribution is 2.22. The fourth-order valence-electron chi connectivity index (χ4n) is 2.76. The molecule has 1 saturated heterocycles. The summed E-state index contributed by atoms with van der Waals surface area (Å²) in [6.07, 6.45) is 3.60. The molecule has 3 rings (SSSR count). The van der Waals surface area contributed by atoms with E-state index < -0.39 is 0 Å². The van der Waals surface area contributed by atoms with Gasteiger partial charge in [0.15, 0.2) is 0 Å². The second-order valence-corrected chi connectivity index (χ2v) is 5.78. The standard InChI is InChI=1S/C16H21N5O2/c1-11-9-21(10-12(2)23-11)15-5-3-13(4-6-15)19-16(22)20-14-7-17-18-8-14/h3-8,11-12H,9-10H2,1-2H3,(H,17,18)(H2,19,20,22)/t11-,12-/m0/s1. The first-order valence-electron chi connectivity index (χ1n) is 7.67. The van der Waals surface area contributed by atoms with Gasteiger partial charge in [0.2, 0.25) is 0 Å². The molecule has 0 spiro atoms. The summed E-state index contributed by atoms with van der Waals surface area (Å²) in [5.41, 5.74) is 2.49. The zero-order valence-corrected chi connectivity index (χ0v) is 13.2. The van der Waals surface area contributed by atoms with E-state index in [4.69, 9.17) is 4.74 Å². The Morgan fingerprint density at radius 2 is 1.83 bits per heavy atom. The van der Waals surface area contributed by atoms with Crippen molar-refractivity contribution in [2.24, 2.45) is 0 Å². The van der Waals surface area contributed by atoms with Gasteiger partial charge in [0.05, 0.1) is 24.1 Å². The number of hydrogen-bond acceptors (Lipinski definition) is 4. The predicted octanol–water partition coefficient (Wildman–Crippen LogP) is 2.67. The minimum absolute atomic E-state index is 0.220. The van der Waals surface area contributed by atoms with Crippen LogP contribution >= 0.6 is 0 Å². The van der Waals surface area contributed by atoms with Crippen LogP contribution in [0.3, 0.4) is 0 Å². The summed E-state index contributed by atoms with van der Waals surface area (Å²) in [5, 5.41) is 11.9. The fourth-order valence-corrected chi connectivity index (χ4v) is 2.76. The van der Waals surface area contributed by atoms with Crippen LogP contribution in [-0.4, -0.2) is 41.5 Å². The molecule has 0 saturated carbocycles. The summed E-state index contributed by atoms with van der Waals surface area (Å²) < 4.78 is 5.75. The largest absolute Gasteiger partial charge is 0.372 e. The Bertz CT molecular complexity index is 631. The third-order valence-corrected chi connectivity index (χ3v) is 3.67. The zero-order valence-electron chi connectivity index (χ0n) is 13.2. The SMILES string of the molecule is C[C@H]1CN(c2ccc(NC(=O)Nc3cn[nH]c3)cc2)C[C@H](C)O1. The van der Waals surface area contributed by atoms with E-state index in [-0.39, 0.29) is 18.2 Å². The Kier molecular flexibility index (Phi) is 4.47. The summed E-state index contributed by atoms with van der Waals surface area (Å²) in [4.78, 5) is 14.2. The number of ether oxygens (including phenoxy) is 1. The van der Waals surface area contributed by atoms with Crippen LogP contribution in [0.5, 0.6) is 0 Å². The second-order valence-electron chi connectivity index (χ2n) is 5.78.